The van der Waals surface area contributed by atoms with E-state index in [-0.39, 0.29) is 23.8 Å². The van der Waals surface area contributed by atoms with E-state index in [1.165, 1.54) is 25.3 Å². The van der Waals surface area contributed by atoms with Crippen LogP contribution in [0.3, 0.4) is 0 Å². The molecular weight excluding hydrogens is 438 g/mol. The predicted octanol–water partition coefficient (Wildman–Crippen LogP) is 5.66. The van der Waals surface area contributed by atoms with Crippen LogP contribution in [0.15, 0.2) is 48.5 Å². The molecule has 4 aliphatic rings. The quantitative estimate of drug-likeness (QED) is 0.423. The minimum atomic E-state index is -0.474. The number of rotatable bonds is 7. The van der Waals surface area contributed by atoms with Crippen LogP contribution in [0, 0.1) is 23.2 Å². The van der Waals surface area contributed by atoms with Crippen LogP contribution < -0.4 is 5.32 Å². The Morgan fingerprint density at radius 3 is 2.21 bits per heavy atom. The highest BCUT2D eigenvalue weighted by atomic mass is 35.5. The van der Waals surface area contributed by atoms with Crippen LogP contribution in [0.2, 0.25) is 5.02 Å². The second-order valence-electron chi connectivity index (χ2n) is 10.2. The molecule has 0 atom stereocenters. The number of amides is 1. The molecule has 0 heterocycles. The Bertz CT molecular complexity index is 1050. The van der Waals surface area contributed by atoms with Crippen molar-refractivity contribution in [3.63, 3.8) is 0 Å². The molecule has 0 aromatic heterocycles. The number of anilines is 1. The molecule has 0 saturated heterocycles. The number of nitrogens with one attached hydrogen (secondary N) is 1. The zero-order chi connectivity index (χ0) is 23.0. The first kappa shape index (κ1) is 22.1. The molecule has 0 radical (unpaired) electrons. The Morgan fingerprint density at radius 1 is 0.939 bits per heavy atom. The van der Waals surface area contributed by atoms with Crippen molar-refractivity contribution in [3.05, 3.63) is 64.7 Å². The molecule has 0 spiro atoms. The van der Waals surface area contributed by atoms with Crippen LogP contribution in [0.25, 0.3) is 0 Å². The highest BCUT2D eigenvalue weighted by molar-refractivity contribution is 6.31. The first-order valence-corrected chi connectivity index (χ1v) is 12.1. The lowest BCUT2D eigenvalue weighted by Gasteiger charge is -2.56. The highest BCUT2D eigenvalue weighted by Gasteiger charge is 2.51. The maximum absolute atomic E-state index is 12.9. The van der Waals surface area contributed by atoms with E-state index >= 15 is 0 Å². The van der Waals surface area contributed by atoms with Crippen LogP contribution in [0.5, 0.6) is 0 Å². The van der Waals surface area contributed by atoms with Gasteiger partial charge in [-0.05, 0) is 79.9 Å². The minimum absolute atomic E-state index is 0.0771. The van der Waals surface area contributed by atoms with Crippen molar-refractivity contribution in [1.29, 1.82) is 0 Å². The summed E-state index contributed by atoms with van der Waals surface area (Å²) in [7, 11) is 0. The van der Waals surface area contributed by atoms with Crippen molar-refractivity contribution in [3.8, 4) is 0 Å². The van der Waals surface area contributed by atoms with Crippen molar-refractivity contribution >= 4 is 34.9 Å². The van der Waals surface area contributed by atoms with Gasteiger partial charge in [0.2, 0.25) is 0 Å². The lowest BCUT2D eigenvalue weighted by Crippen LogP contribution is -2.47. The number of ether oxygens (including phenoxy) is 1. The summed E-state index contributed by atoms with van der Waals surface area (Å²) < 4.78 is 5.36. The first-order chi connectivity index (χ1) is 15.9. The molecule has 33 heavy (non-hydrogen) atoms. The van der Waals surface area contributed by atoms with Gasteiger partial charge in [-0.1, -0.05) is 41.9 Å². The van der Waals surface area contributed by atoms with Crippen LogP contribution in [-0.2, 0) is 14.3 Å². The van der Waals surface area contributed by atoms with Crippen LogP contribution >= 0.6 is 11.6 Å². The molecule has 172 valence electrons. The molecule has 1 N–H and O–H groups in total. The summed E-state index contributed by atoms with van der Waals surface area (Å²) in [6.45, 7) is -0.368. The van der Waals surface area contributed by atoms with E-state index in [0.717, 1.165) is 37.0 Å². The Kier molecular flexibility index (Phi) is 6.00. The van der Waals surface area contributed by atoms with Gasteiger partial charge < -0.3 is 10.1 Å². The summed E-state index contributed by atoms with van der Waals surface area (Å²) in [5.41, 5.74) is 1.21. The summed E-state index contributed by atoms with van der Waals surface area (Å²) in [4.78, 5) is 38.1. The van der Waals surface area contributed by atoms with Gasteiger partial charge in [-0.15, -0.1) is 0 Å². The fourth-order valence-electron chi connectivity index (χ4n) is 6.75. The summed E-state index contributed by atoms with van der Waals surface area (Å²) in [6, 6.07) is 13.5. The van der Waals surface area contributed by atoms with Crippen molar-refractivity contribution in [2.24, 2.45) is 23.2 Å². The zero-order valence-corrected chi connectivity index (χ0v) is 19.3. The molecule has 2 aromatic carbocycles. The van der Waals surface area contributed by atoms with E-state index in [1.54, 1.807) is 36.4 Å². The SMILES string of the molecule is O=C(COC(=O)CC12CC3CC(CC(C3)C1)C2)Nc1ccc(Cl)cc1C(=O)c1ccccc1. The molecular formula is C27H28ClNO4. The van der Waals surface area contributed by atoms with E-state index in [9.17, 15) is 14.4 Å². The van der Waals surface area contributed by atoms with Crippen LogP contribution in [0.1, 0.15) is 60.9 Å². The van der Waals surface area contributed by atoms with Gasteiger partial charge in [0.15, 0.2) is 12.4 Å². The lowest BCUT2D eigenvalue weighted by atomic mass is 9.49. The van der Waals surface area contributed by atoms with Gasteiger partial charge >= 0.3 is 5.97 Å². The van der Waals surface area contributed by atoms with Crippen molar-refractivity contribution in [2.45, 2.75) is 44.9 Å². The molecule has 4 bridgehead atoms. The first-order valence-electron chi connectivity index (χ1n) is 11.7. The second-order valence-corrected chi connectivity index (χ2v) is 10.6. The number of ketones is 1. The third-order valence-electron chi connectivity index (χ3n) is 7.58. The van der Waals surface area contributed by atoms with E-state index in [0.29, 0.717) is 28.3 Å². The standard InChI is InChI=1S/C27H28ClNO4/c28-21-6-7-23(22(11-21)26(32)20-4-2-1-3-5-20)29-24(30)16-33-25(31)15-27-12-17-8-18(13-27)10-19(9-17)14-27/h1-7,11,17-19H,8-10,12-16H2,(H,29,30). The fraction of sp³-hybridized carbons (Fsp3) is 0.444. The second kappa shape index (κ2) is 8.94. The number of halogens is 1. The van der Waals surface area contributed by atoms with E-state index in [1.807, 2.05) is 6.07 Å². The molecule has 5 nitrogen and oxygen atoms in total. The number of carbonyl (C=O) groups is 3. The van der Waals surface area contributed by atoms with Gasteiger partial charge in [0, 0.05) is 16.1 Å². The average molecular weight is 466 g/mol. The summed E-state index contributed by atoms with van der Waals surface area (Å²) in [5.74, 6) is 1.27. The molecule has 0 aliphatic heterocycles. The maximum atomic E-state index is 12.9. The third-order valence-corrected chi connectivity index (χ3v) is 7.82. The number of esters is 1. The summed E-state index contributed by atoms with van der Waals surface area (Å²) in [5, 5.41) is 3.11. The zero-order valence-electron chi connectivity index (χ0n) is 18.5. The molecule has 4 saturated carbocycles. The Balaban J connectivity index is 1.19. The molecule has 6 rings (SSSR count). The van der Waals surface area contributed by atoms with Gasteiger partial charge in [-0.2, -0.15) is 0 Å². The van der Waals surface area contributed by atoms with E-state index in [2.05, 4.69) is 5.32 Å². The van der Waals surface area contributed by atoms with Crippen LogP contribution in [0.4, 0.5) is 5.69 Å². The number of carbonyl (C=O) groups excluding carboxylic acids is 3. The van der Waals surface area contributed by atoms with E-state index < -0.39 is 5.91 Å². The average Bonchev–Trinajstić information content (AvgIpc) is 2.78. The maximum Gasteiger partial charge on any atom is 0.306 e. The molecule has 4 aliphatic carbocycles. The molecule has 2 aromatic rings. The third kappa shape index (κ3) is 4.84. The number of hydrogen-bond donors (Lipinski definition) is 1. The fourth-order valence-corrected chi connectivity index (χ4v) is 6.93. The lowest BCUT2D eigenvalue weighted by molar-refractivity contribution is -0.154. The molecule has 0 unspecified atom stereocenters. The highest BCUT2D eigenvalue weighted by Crippen LogP contribution is 2.61. The molecule has 6 heteroatoms. The monoisotopic (exact) mass is 465 g/mol. The van der Waals surface area contributed by atoms with E-state index in [4.69, 9.17) is 16.3 Å². The van der Waals surface area contributed by atoms with Crippen molar-refractivity contribution < 1.29 is 19.1 Å². The number of benzene rings is 2. The largest absolute Gasteiger partial charge is 0.456 e. The Labute approximate surface area is 198 Å². The van der Waals surface area contributed by atoms with Gasteiger partial charge in [-0.3, -0.25) is 14.4 Å². The topological polar surface area (TPSA) is 72.5 Å². The van der Waals surface area contributed by atoms with Gasteiger partial charge in [0.1, 0.15) is 0 Å². The van der Waals surface area contributed by atoms with Crippen LogP contribution in [-0.4, -0.2) is 24.3 Å². The van der Waals surface area contributed by atoms with Gasteiger partial charge in [-0.25, -0.2) is 0 Å². The number of hydrogen-bond acceptors (Lipinski definition) is 4. The van der Waals surface area contributed by atoms with Crippen molar-refractivity contribution in [2.75, 3.05) is 11.9 Å². The molecule has 1 amide bonds. The summed E-state index contributed by atoms with van der Waals surface area (Å²) in [6.07, 6.45) is 7.73. The smallest absolute Gasteiger partial charge is 0.306 e. The summed E-state index contributed by atoms with van der Waals surface area (Å²) >= 11 is 6.10. The normalized spacial score (nSPS) is 27.2. The van der Waals surface area contributed by atoms with Crippen molar-refractivity contribution in [1.82, 2.24) is 0 Å². The van der Waals surface area contributed by atoms with Gasteiger partial charge in [0.25, 0.3) is 5.91 Å². The predicted molar refractivity (Wildman–Crippen MR) is 126 cm³/mol. The van der Waals surface area contributed by atoms with Gasteiger partial charge in [0.05, 0.1) is 12.1 Å². The Morgan fingerprint density at radius 2 is 1.58 bits per heavy atom. The molecule has 4 fully saturated rings. The Hall–Kier alpha value is -2.66. The minimum Gasteiger partial charge on any atom is -0.456 e.